The molecule has 19 heavy (non-hydrogen) atoms. The molecule has 2 N–H and O–H groups in total. The molecule has 6 heteroatoms. The lowest BCUT2D eigenvalue weighted by Crippen LogP contribution is -2.52. The van der Waals surface area contributed by atoms with Gasteiger partial charge in [-0.1, -0.05) is 20.8 Å². The van der Waals surface area contributed by atoms with Crippen LogP contribution in [0.3, 0.4) is 0 Å². The molecule has 0 aromatic carbocycles. The molecule has 1 fully saturated rings. The van der Waals surface area contributed by atoms with Gasteiger partial charge in [-0.15, -0.1) is 0 Å². The minimum atomic E-state index is -3.36. The molecule has 0 saturated carbocycles. The Morgan fingerprint density at radius 2 is 2.00 bits per heavy atom. The molecule has 1 saturated heterocycles. The lowest BCUT2D eigenvalue weighted by molar-refractivity contribution is 0.235. The van der Waals surface area contributed by atoms with Gasteiger partial charge >= 0.3 is 0 Å². The average Bonchev–Trinajstić information content (AvgIpc) is 2.39. The SMILES string of the molecule is CCC(CC)N(CCN)S(=O)(=O)N1CCCC(C)C1. The fourth-order valence-corrected chi connectivity index (χ4v) is 4.92. The maximum Gasteiger partial charge on any atom is 0.282 e. The second-order valence-electron chi connectivity index (χ2n) is 5.48. The standard InChI is InChI=1S/C13H29N3O2S/c1-4-13(5-2)16(10-8-14)19(17,18)15-9-6-7-12(3)11-15/h12-13H,4-11,14H2,1-3H3. The molecule has 5 nitrogen and oxygen atoms in total. The fraction of sp³-hybridized carbons (Fsp3) is 1.00. The van der Waals surface area contributed by atoms with Gasteiger partial charge in [0.15, 0.2) is 0 Å². The number of nitrogens with two attached hydrogens (primary N) is 1. The van der Waals surface area contributed by atoms with Gasteiger partial charge in [-0.25, -0.2) is 0 Å². The molecule has 1 unspecified atom stereocenters. The second-order valence-corrected chi connectivity index (χ2v) is 7.36. The number of rotatable bonds is 7. The second kappa shape index (κ2) is 7.57. The van der Waals surface area contributed by atoms with Crippen molar-refractivity contribution in [2.45, 2.75) is 52.5 Å². The third-order valence-corrected chi connectivity index (χ3v) is 6.00. The Morgan fingerprint density at radius 1 is 1.37 bits per heavy atom. The largest absolute Gasteiger partial charge is 0.329 e. The van der Waals surface area contributed by atoms with Crippen molar-refractivity contribution in [1.82, 2.24) is 8.61 Å². The number of hydrogen-bond donors (Lipinski definition) is 1. The van der Waals surface area contributed by atoms with Crippen LogP contribution in [0.5, 0.6) is 0 Å². The molecular weight excluding hydrogens is 262 g/mol. The van der Waals surface area contributed by atoms with Crippen LogP contribution in [-0.2, 0) is 10.2 Å². The van der Waals surface area contributed by atoms with Gasteiger partial charge in [-0.2, -0.15) is 17.0 Å². The van der Waals surface area contributed by atoms with Gasteiger partial charge in [0, 0.05) is 32.2 Å². The minimum absolute atomic E-state index is 0.0609. The summed E-state index contributed by atoms with van der Waals surface area (Å²) >= 11 is 0. The Morgan fingerprint density at radius 3 is 2.47 bits per heavy atom. The zero-order valence-corrected chi connectivity index (χ0v) is 13.3. The highest BCUT2D eigenvalue weighted by atomic mass is 32.2. The Hall–Kier alpha value is -0.170. The average molecular weight is 291 g/mol. The normalized spacial score (nSPS) is 22.3. The molecule has 1 aliphatic heterocycles. The van der Waals surface area contributed by atoms with Gasteiger partial charge < -0.3 is 5.73 Å². The summed E-state index contributed by atoms with van der Waals surface area (Å²) in [7, 11) is -3.36. The summed E-state index contributed by atoms with van der Waals surface area (Å²) in [4.78, 5) is 0. The number of piperidine rings is 1. The van der Waals surface area contributed by atoms with E-state index >= 15 is 0 Å². The van der Waals surface area contributed by atoms with Crippen LogP contribution < -0.4 is 5.73 Å². The lowest BCUT2D eigenvalue weighted by atomic mass is 10.0. The first kappa shape index (κ1) is 16.9. The highest BCUT2D eigenvalue weighted by Gasteiger charge is 2.35. The summed E-state index contributed by atoms with van der Waals surface area (Å²) < 4.78 is 28.8. The van der Waals surface area contributed by atoms with E-state index in [0.29, 0.717) is 32.1 Å². The predicted molar refractivity (Wildman–Crippen MR) is 79.0 cm³/mol. The summed E-state index contributed by atoms with van der Waals surface area (Å²) in [5, 5.41) is 0. The van der Waals surface area contributed by atoms with Crippen molar-refractivity contribution in [1.29, 1.82) is 0 Å². The van der Waals surface area contributed by atoms with Crippen LogP contribution in [0.15, 0.2) is 0 Å². The van der Waals surface area contributed by atoms with Crippen LogP contribution in [-0.4, -0.2) is 49.2 Å². The third kappa shape index (κ3) is 4.15. The van der Waals surface area contributed by atoms with Gasteiger partial charge in [-0.05, 0) is 31.6 Å². The van der Waals surface area contributed by atoms with Crippen molar-refractivity contribution in [2.24, 2.45) is 11.7 Å². The van der Waals surface area contributed by atoms with E-state index in [1.54, 1.807) is 8.61 Å². The lowest BCUT2D eigenvalue weighted by Gasteiger charge is -2.37. The van der Waals surface area contributed by atoms with Gasteiger partial charge in [-0.3, -0.25) is 0 Å². The van der Waals surface area contributed by atoms with Crippen LogP contribution >= 0.6 is 0 Å². The molecule has 0 bridgehead atoms. The van der Waals surface area contributed by atoms with Crippen molar-refractivity contribution in [3.8, 4) is 0 Å². The smallest absolute Gasteiger partial charge is 0.282 e. The van der Waals surface area contributed by atoms with E-state index < -0.39 is 10.2 Å². The van der Waals surface area contributed by atoms with Gasteiger partial charge in [0.2, 0.25) is 0 Å². The first-order valence-electron chi connectivity index (χ1n) is 7.44. The minimum Gasteiger partial charge on any atom is -0.329 e. The zero-order chi connectivity index (χ0) is 14.5. The van der Waals surface area contributed by atoms with Crippen LogP contribution in [0.4, 0.5) is 0 Å². The zero-order valence-electron chi connectivity index (χ0n) is 12.5. The molecule has 0 aliphatic carbocycles. The third-order valence-electron chi connectivity index (χ3n) is 3.94. The van der Waals surface area contributed by atoms with Gasteiger partial charge in [0.05, 0.1) is 0 Å². The topological polar surface area (TPSA) is 66.6 Å². The molecular formula is C13H29N3O2S. The molecule has 1 aliphatic rings. The summed E-state index contributed by atoms with van der Waals surface area (Å²) in [6.45, 7) is 8.26. The Kier molecular flexibility index (Phi) is 6.73. The Balaban J connectivity index is 2.91. The van der Waals surface area contributed by atoms with Crippen LogP contribution in [0.25, 0.3) is 0 Å². The van der Waals surface area contributed by atoms with Gasteiger partial charge in [0.1, 0.15) is 0 Å². The van der Waals surface area contributed by atoms with Crippen LogP contribution in [0, 0.1) is 5.92 Å². The fourth-order valence-electron chi connectivity index (χ4n) is 2.81. The summed E-state index contributed by atoms with van der Waals surface area (Å²) in [6, 6.07) is 0.0609. The van der Waals surface area contributed by atoms with E-state index in [4.69, 9.17) is 5.73 Å². The highest BCUT2D eigenvalue weighted by Crippen LogP contribution is 2.23. The maximum atomic E-state index is 12.8. The maximum absolute atomic E-state index is 12.8. The quantitative estimate of drug-likeness (QED) is 0.771. The highest BCUT2D eigenvalue weighted by molar-refractivity contribution is 7.86. The van der Waals surface area contributed by atoms with E-state index in [1.807, 2.05) is 13.8 Å². The molecule has 0 aromatic rings. The molecule has 1 atom stereocenters. The van der Waals surface area contributed by atoms with Crippen LogP contribution in [0.1, 0.15) is 46.5 Å². The molecule has 1 rings (SSSR count). The molecule has 0 aromatic heterocycles. The first-order valence-corrected chi connectivity index (χ1v) is 8.84. The summed E-state index contributed by atoms with van der Waals surface area (Å²) in [6.07, 6.45) is 3.74. The van der Waals surface area contributed by atoms with Gasteiger partial charge in [0.25, 0.3) is 10.2 Å². The molecule has 0 amide bonds. The number of hydrogen-bond acceptors (Lipinski definition) is 3. The Bertz CT molecular complexity index is 355. The van der Waals surface area contributed by atoms with E-state index in [9.17, 15) is 8.42 Å². The van der Waals surface area contributed by atoms with E-state index in [-0.39, 0.29) is 6.04 Å². The number of nitrogens with zero attached hydrogens (tertiary/aromatic N) is 2. The molecule has 1 heterocycles. The summed E-state index contributed by atoms with van der Waals surface area (Å²) in [5.41, 5.74) is 5.61. The van der Waals surface area contributed by atoms with Crippen LogP contribution in [0.2, 0.25) is 0 Å². The first-order chi connectivity index (χ1) is 8.97. The van der Waals surface area contributed by atoms with E-state index in [1.165, 1.54) is 0 Å². The summed E-state index contributed by atoms with van der Waals surface area (Å²) in [5.74, 6) is 0.449. The van der Waals surface area contributed by atoms with Crippen molar-refractivity contribution in [2.75, 3.05) is 26.2 Å². The predicted octanol–water partition coefficient (Wildman–Crippen LogP) is 1.41. The molecule has 114 valence electrons. The van der Waals surface area contributed by atoms with E-state index in [0.717, 1.165) is 25.7 Å². The van der Waals surface area contributed by atoms with Crippen molar-refractivity contribution >= 4 is 10.2 Å². The Labute approximate surface area is 118 Å². The van der Waals surface area contributed by atoms with Crippen molar-refractivity contribution in [3.05, 3.63) is 0 Å². The van der Waals surface area contributed by atoms with Crippen molar-refractivity contribution < 1.29 is 8.42 Å². The molecule has 0 radical (unpaired) electrons. The molecule has 0 spiro atoms. The monoisotopic (exact) mass is 291 g/mol. The van der Waals surface area contributed by atoms with Crippen molar-refractivity contribution in [3.63, 3.8) is 0 Å². The van der Waals surface area contributed by atoms with E-state index in [2.05, 4.69) is 6.92 Å².